The van der Waals surface area contributed by atoms with Crippen molar-refractivity contribution in [2.45, 2.75) is 0 Å². The second-order valence-electron chi connectivity index (χ2n) is 15.2. The molecular formula is C48H21B9N2. The lowest BCUT2D eigenvalue weighted by molar-refractivity contribution is 1.18. The number of benzene rings is 9. The highest BCUT2D eigenvalue weighted by atomic mass is 15.0. The van der Waals surface area contributed by atoms with Crippen molar-refractivity contribution < 1.29 is 0 Å². The molecule has 59 heavy (non-hydrogen) atoms. The molecule has 2 nitrogen and oxygen atoms in total. The van der Waals surface area contributed by atoms with Crippen LogP contribution in [-0.4, -0.2) is 79.8 Å². The van der Waals surface area contributed by atoms with Crippen LogP contribution in [0.2, 0.25) is 0 Å². The number of hydrogen-bond donors (Lipinski definition) is 0. The Hall–Kier alpha value is -6.06. The van der Waals surface area contributed by atoms with Crippen LogP contribution in [0.5, 0.6) is 0 Å². The van der Waals surface area contributed by atoms with Crippen LogP contribution in [0, 0.1) is 0 Å². The molecule has 0 aliphatic heterocycles. The molecule has 11 rings (SSSR count). The van der Waals surface area contributed by atoms with E-state index >= 15 is 0 Å². The average molecular weight is 723 g/mol. The van der Waals surface area contributed by atoms with Crippen LogP contribution < -0.4 is 49.2 Å². The highest BCUT2D eigenvalue weighted by Crippen LogP contribution is 2.43. The van der Waals surface area contributed by atoms with Crippen LogP contribution in [0.1, 0.15) is 0 Å². The Morgan fingerprint density at radius 3 is 1.12 bits per heavy atom. The summed E-state index contributed by atoms with van der Waals surface area (Å²) in [6.45, 7) is 0. The Morgan fingerprint density at radius 1 is 0.271 bits per heavy atom. The van der Waals surface area contributed by atoms with E-state index in [0.717, 1.165) is 49.3 Å². The molecule has 0 saturated heterocycles. The van der Waals surface area contributed by atoms with Gasteiger partial charge in [-0.3, -0.25) is 0 Å². The fourth-order valence-corrected chi connectivity index (χ4v) is 9.52. The maximum atomic E-state index is 7.02. The molecule has 0 amide bonds. The van der Waals surface area contributed by atoms with Crippen molar-refractivity contribution >= 4 is 196 Å². The smallest absolute Gasteiger partial charge is 0.115 e. The monoisotopic (exact) mass is 724 g/mol. The van der Waals surface area contributed by atoms with Gasteiger partial charge in [-0.2, -0.15) is 0 Å². The lowest BCUT2D eigenvalue weighted by Crippen LogP contribution is -2.57. The largest absolute Gasteiger partial charge is 0.310 e. The average Bonchev–Trinajstić information content (AvgIpc) is 3.78. The SMILES string of the molecule is [B]c1c([B])c([B])c(-c2c([B])c([B])c(-n3c4ccccc4c4c5c6ccccc6n(-c6ccc7c8ccccc8c8ccccc8c7c6)c5ccc43)c([B])c2[B])c([B])c1[B]. The van der Waals surface area contributed by atoms with E-state index in [0.29, 0.717) is 5.69 Å². The third kappa shape index (κ3) is 4.82. The molecule has 2 heterocycles. The van der Waals surface area contributed by atoms with Crippen molar-refractivity contribution in [1.29, 1.82) is 0 Å². The van der Waals surface area contributed by atoms with E-state index < -0.39 is 0 Å². The van der Waals surface area contributed by atoms with Crippen molar-refractivity contribution in [3.05, 3.63) is 127 Å². The zero-order chi connectivity index (χ0) is 40.6. The number of aromatic nitrogens is 2. The van der Waals surface area contributed by atoms with Gasteiger partial charge in [0.25, 0.3) is 0 Å². The van der Waals surface area contributed by atoms with Gasteiger partial charge in [-0.25, -0.2) is 0 Å². The molecule has 2 aromatic heterocycles. The first kappa shape index (κ1) is 36.1. The molecule has 0 spiro atoms. The van der Waals surface area contributed by atoms with Crippen LogP contribution >= 0.6 is 0 Å². The Morgan fingerprint density at radius 2 is 0.627 bits per heavy atom. The van der Waals surface area contributed by atoms with Gasteiger partial charge < -0.3 is 9.13 Å². The molecule has 0 saturated carbocycles. The van der Waals surface area contributed by atoms with E-state index in [-0.39, 0.29) is 60.3 Å². The molecule has 250 valence electrons. The summed E-state index contributed by atoms with van der Waals surface area (Å²) in [5.74, 6) is 0. The first-order valence-corrected chi connectivity index (χ1v) is 19.1. The van der Waals surface area contributed by atoms with Gasteiger partial charge in [0.15, 0.2) is 0 Å². The molecule has 0 fully saturated rings. The first-order valence-electron chi connectivity index (χ1n) is 19.1. The van der Waals surface area contributed by atoms with Crippen LogP contribution in [0.3, 0.4) is 0 Å². The van der Waals surface area contributed by atoms with E-state index in [2.05, 4.69) is 114 Å². The zero-order valence-electron chi connectivity index (χ0n) is 31.7. The second-order valence-corrected chi connectivity index (χ2v) is 15.2. The fraction of sp³-hybridized carbons (Fsp3) is 0. The molecule has 11 aromatic rings. The Balaban J connectivity index is 1.22. The molecule has 0 aliphatic carbocycles. The van der Waals surface area contributed by atoms with Crippen LogP contribution in [0.25, 0.3) is 98.4 Å². The molecule has 0 atom stereocenters. The number of hydrogen-bond acceptors (Lipinski definition) is 0. The minimum atomic E-state index is 0.0582. The molecule has 9 aromatic carbocycles. The lowest BCUT2D eigenvalue weighted by Gasteiger charge is -2.28. The maximum Gasteiger partial charge on any atom is 0.115 e. The summed E-state index contributed by atoms with van der Waals surface area (Å²) < 4.78 is 4.38. The Bertz CT molecular complexity index is 3580. The molecule has 18 radical (unpaired) electrons. The van der Waals surface area contributed by atoms with Crippen molar-refractivity contribution in [3.8, 4) is 22.5 Å². The van der Waals surface area contributed by atoms with Gasteiger partial charge in [-0.15, -0.1) is 16.4 Å². The van der Waals surface area contributed by atoms with E-state index in [4.69, 9.17) is 70.6 Å². The fourth-order valence-electron chi connectivity index (χ4n) is 9.52. The lowest BCUT2D eigenvalue weighted by atomic mass is 9.56. The highest BCUT2D eigenvalue weighted by Gasteiger charge is 2.25. The second kappa shape index (κ2) is 13.0. The topological polar surface area (TPSA) is 9.86 Å². The normalized spacial score (nSPS) is 12.0. The predicted molar refractivity (Wildman–Crippen MR) is 262 cm³/mol. The number of para-hydroxylation sites is 2. The van der Waals surface area contributed by atoms with Gasteiger partial charge >= 0.3 is 0 Å². The van der Waals surface area contributed by atoms with Gasteiger partial charge in [0.2, 0.25) is 0 Å². The molecular weight excluding hydrogens is 702 g/mol. The van der Waals surface area contributed by atoms with Gasteiger partial charge in [-0.1, -0.05) is 124 Å². The third-order valence-electron chi connectivity index (χ3n) is 12.3. The quantitative estimate of drug-likeness (QED) is 0.196. The first-order chi connectivity index (χ1) is 28.6. The van der Waals surface area contributed by atoms with E-state index in [1.54, 1.807) is 0 Å². The summed E-state index contributed by atoms with van der Waals surface area (Å²) >= 11 is 0. The standard InChI is InChI=1S/C48H21B9N2/c49-39-37(40(50)44(54)45(55)43(39)53)38-41(51)46(56)48(47(57)42(38)52)59-32-16-8-6-14-29(32)36-34(59)20-19-33-35(36)28-13-5-7-15-31(28)58(33)22-17-18-27-25-11-2-1-9-23(25)24-10-3-4-12-26(24)30(27)21-22/h1-21H. The number of rotatable bonds is 3. The van der Waals surface area contributed by atoms with Crippen LogP contribution in [-0.2, 0) is 0 Å². The maximum absolute atomic E-state index is 7.02. The minimum absolute atomic E-state index is 0.0582. The van der Waals surface area contributed by atoms with Crippen molar-refractivity contribution in [1.82, 2.24) is 9.13 Å². The Kier molecular flexibility index (Phi) is 7.93. The van der Waals surface area contributed by atoms with Gasteiger partial charge in [-0.05, 0) is 79.8 Å². The van der Waals surface area contributed by atoms with Crippen molar-refractivity contribution in [2.75, 3.05) is 0 Å². The molecule has 0 aliphatic rings. The summed E-state index contributed by atoms with van der Waals surface area (Å²) in [6, 6.07) is 45.0. The Labute approximate surface area is 353 Å². The van der Waals surface area contributed by atoms with E-state index in [9.17, 15) is 0 Å². The summed E-state index contributed by atoms with van der Waals surface area (Å²) in [5.41, 5.74) is 6.72. The zero-order valence-corrected chi connectivity index (χ0v) is 31.7. The summed E-state index contributed by atoms with van der Waals surface area (Å²) in [7, 11) is 59.4. The van der Waals surface area contributed by atoms with Gasteiger partial charge in [0.1, 0.15) is 70.6 Å². The highest BCUT2D eigenvalue weighted by molar-refractivity contribution is 6.70. The van der Waals surface area contributed by atoms with Crippen molar-refractivity contribution in [2.24, 2.45) is 0 Å². The van der Waals surface area contributed by atoms with Gasteiger partial charge in [0.05, 0.1) is 22.1 Å². The van der Waals surface area contributed by atoms with Crippen LogP contribution in [0.4, 0.5) is 0 Å². The van der Waals surface area contributed by atoms with Gasteiger partial charge in [0, 0.05) is 32.9 Å². The molecule has 0 N–H and O–H groups in total. The van der Waals surface area contributed by atoms with E-state index in [1.807, 2.05) is 22.8 Å². The number of nitrogens with zero attached hydrogens (tertiary/aromatic N) is 2. The molecule has 0 unspecified atom stereocenters. The number of fused-ring (bicyclic) bond motifs is 13. The molecule has 11 heteroatoms. The van der Waals surface area contributed by atoms with Crippen LogP contribution in [0.15, 0.2) is 127 Å². The predicted octanol–water partition coefficient (Wildman–Crippen LogP) is 2.15. The summed E-state index contributed by atoms with van der Waals surface area (Å²) in [5, 5.41) is 11.5. The third-order valence-corrected chi connectivity index (χ3v) is 12.3. The van der Waals surface area contributed by atoms with Crippen molar-refractivity contribution in [3.63, 3.8) is 0 Å². The summed E-state index contributed by atoms with van der Waals surface area (Å²) in [6.07, 6.45) is 0. The van der Waals surface area contributed by atoms with E-state index in [1.165, 1.54) is 32.3 Å². The summed E-state index contributed by atoms with van der Waals surface area (Å²) in [4.78, 5) is 0. The minimum Gasteiger partial charge on any atom is -0.310 e. The molecule has 0 bridgehead atoms.